The SMILES string of the molecule is Cc1cccc(NS(=O)(=O)c2ccccc2C(N)=S)c1. The standard InChI is InChI=1S/C14H14N2O2S2/c1-10-5-4-6-11(9-10)16-20(17,18)13-8-3-2-7-12(13)14(15)19/h2-9,16H,1H3,(H2,15,19). The van der Waals surface area contributed by atoms with E-state index in [1.54, 1.807) is 36.4 Å². The first-order chi connectivity index (χ1) is 9.40. The van der Waals surface area contributed by atoms with Crippen molar-refractivity contribution in [3.05, 3.63) is 59.7 Å². The molecule has 0 radical (unpaired) electrons. The van der Waals surface area contributed by atoms with E-state index in [4.69, 9.17) is 18.0 Å². The van der Waals surface area contributed by atoms with Crippen LogP contribution < -0.4 is 10.5 Å². The van der Waals surface area contributed by atoms with Gasteiger partial charge in [-0.3, -0.25) is 4.72 Å². The summed E-state index contributed by atoms with van der Waals surface area (Å²) in [6, 6.07) is 13.5. The molecule has 104 valence electrons. The van der Waals surface area contributed by atoms with Crippen LogP contribution in [0.15, 0.2) is 53.4 Å². The minimum atomic E-state index is -3.72. The number of anilines is 1. The van der Waals surface area contributed by atoms with Crippen molar-refractivity contribution in [2.45, 2.75) is 11.8 Å². The van der Waals surface area contributed by atoms with E-state index in [0.717, 1.165) is 5.56 Å². The molecule has 0 aliphatic heterocycles. The first-order valence-electron chi connectivity index (χ1n) is 5.88. The summed E-state index contributed by atoms with van der Waals surface area (Å²) < 4.78 is 27.4. The first kappa shape index (κ1) is 14.5. The summed E-state index contributed by atoms with van der Waals surface area (Å²) in [5.74, 6) is 0. The molecule has 6 heteroatoms. The van der Waals surface area contributed by atoms with Crippen LogP contribution in [0.2, 0.25) is 0 Å². The summed E-state index contributed by atoms with van der Waals surface area (Å²) in [7, 11) is -3.72. The molecule has 0 unspecified atom stereocenters. The number of aryl methyl sites for hydroxylation is 1. The molecule has 2 rings (SSSR count). The quantitative estimate of drug-likeness (QED) is 0.851. The Morgan fingerprint density at radius 1 is 1.15 bits per heavy atom. The second-order valence-electron chi connectivity index (χ2n) is 4.34. The Balaban J connectivity index is 2.44. The summed E-state index contributed by atoms with van der Waals surface area (Å²) in [5.41, 5.74) is 7.37. The Morgan fingerprint density at radius 2 is 1.85 bits per heavy atom. The van der Waals surface area contributed by atoms with E-state index in [1.165, 1.54) is 6.07 Å². The Hall–Kier alpha value is -1.92. The minimum Gasteiger partial charge on any atom is -0.389 e. The lowest BCUT2D eigenvalue weighted by Gasteiger charge is -2.11. The molecule has 4 nitrogen and oxygen atoms in total. The van der Waals surface area contributed by atoms with Crippen molar-refractivity contribution in [2.24, 2.45) is 5.73 Å². The van der Waals surface area contributed by atoms with Gasteiger partial charge in [0.25, 0.3) is 10.0 Å². The van der Waals surface area contributed by atoms with Crippen LogP contribution in [0.5, 0.6) is 0 Å². The number of rotatable bonds is 4. The molecule has 20 heavy (non-hydrogen) atoms. The summed E-state index contributed by atoms with van der Waals surface area (Å²) in [5, 5.41) is 0. The lowest BCUT2D eigenvalue weighted by atomic mass is 10.2. The van der Waals surface area contributed by atoms with Crippen molar-refractivity contribution in [2.75, 3.05) is 4.72 Å². The average molecular weight is 306 g/mol. The topological polar surface area (TPSA) is 72.2 Å². The van der Waals surface area contributed by atoms with Gasteiger partial charge in [-0.15, -0.1) is 0 Å². The monoisotopic (exact) mass is 306 g/mol. The van der Waals surface area contributed by atoms with Gasteiger partial charge in [0.05, 0.1) is 4.90 Å². The molecule has 0 saturated carbocycles. The van der Waals surface area contributed by atoms with Crippen molar-refractivity contribution >= 4 is 32.9 Å². The van der Waals surface area contributed by atoms with Gasteiger partial charge in [-0.2, -0.15) is 0 Å². The molecule has 0 amide bonds. The Bertz CT molecular complexity index is 755. The zero-order chi connectivity index (χ0) is 14.8. The highest BCUT2D eigenvalue weighted by Crippen LogP contribution is 2.20. The highest BCUT2D eigenvalue weighted by molar-refractivity contribution is 7.93. The Kier molecular flexibility index (Phi) is 4.06. The maximum atomic E-state index is 12.4. The fourth-order valence-electron chi connectivity index (χ4n) is 1.82. The van der Waals surface area contributed by atoms with E-state index in [-0.39, 0.29) is 9.88 Å². The normalized spacial score (nSPS) is 11.1. The third-order valence-electron chi connectivity index (χ3n) is 2.71. The molecule has 2 aromatic rings. The van der Waals surface area contributed by atoms with Gasteiger partial charge in [-0.25, -0.2) is 8.42 Å². The highest BCUT2D eigenvalue weighted by Gasteiger charge is 2.19. The van der Waals surface area contributed by atoms with Gasteiger partial charge < -0.3 is 5.73 Å². The predicted octanol–water partition coefficient (Wildman–Crippen LogP) is 2.43. The van der Waals surface area contributed by atoms with Crippen LogP contribution in [0.3, 0.4) is 0 Å². The van der Waals surface area contributed by atoms with Gasteiger partial charge in [0.15, 0.2) is 0 Å². The number of nitrogens with two attached hydrogens (primary N) is 1. The zero-order valence-corrected chi connectivity index (χ0v) is 12.5. The number of nitrogens with one attached hydrogen (secondary N) is 1. The highest BCUT2D eigenvalue weighted by atomic mass is 32.2. The second kappa shape index (κ2) is 5.60. The van der Waals surface area contributed by atoms with Gasteiger partial charge in [-0.1, -0.05) is 42.5 Å². The lowest BCUT2D eigenvalue weighted by molar-refractivity contribution is 0.601. The summed E-state index contributed by atoms with van der Waals surface area (Å²) in [6.45, 7) is 1.89. The van der Waals surface area contributed by atoms with E-state index in [2.05, 4.69) is 4.72 Å². The lowest BCUT2D eigenvalue weighted by Crippen LogP contribution is -2.19. The third kappa shape index (κ3) is 3.15. The molecular weight excluding hydrogens is 292 g/mol. The molecule has 0 saturated heterocycles. The predicted molar refractivity (Wildman–Crippen MR) is 84.3 cm³/mol. The molecule has 0 aliphatic carbocycles. The van der Waals surface area contributed by atoms with E-state index >= 15 is 0 Å². The van der Waals surface area contributed by atoms with E-state index < -0.39 is 10.0 Å². The van der Waals surface area contributed by atoms with Crippen LogP contribution in [-0.2, 0) is 10.0 Å². The maximum absolute atomic E-state index is 12.4. The van der Waals surface area contributed by atoms with Crippen molar-refractivity contribution in [1.29, 1.82) is 0 Å². The van der Waals surface area contributed by atoms with Gasteiger partial charge in [0.1, 0.15) is 4.99 Å². The van der Waals surface area contributed by atoms with Crippen LogP contribution in [-0.4, -0.2) is 13.4 Å². The van der Waals surface area contributed by atoms with Crippen LogP contribution >= 0.6 is 12.2 Å². The zero-order valence-electron chi connectivity index (χ0n) is 10.8. The Morgan fingerprint density at radius 3 is 2.50 bits per heavy atom. The van der Waals surface area contributed by atoms with Crippen LogP contribution in [0.1, 0.15) is 11.1 Å². The number of hydrogen-bond acceptors (Lipinski definition) is 3. The van der Waals surface area contributed by atoms with E-state index in [0.29, 0.717) is 11.3 Å². The largest absolute Gasteiger partial charge is 0.389 e. The molecule has 0 fully saturated rings. The van der Waals surface area contributed by atoms with Crippen LogP contribution in [0, 0.1) is 6.92 Å². The number of thiocarbonyl (C=S) groups is 1. The van der Waals surface area contributed by atoms with E-state index in [1.807, 2.05) is 13.0 Å². The molecule has 0 spiro atoms. The third-order valence-corrected chi connectivity index (χ3v) is 4.37. The smallest absolute Gasteiger partial charge is 0.262 e. The maximum Gasteiger partial charge on any atom is 0.262 e. The van der Waals surface area contributed by atoms with Gasteiger partial charge in [0.2, 0.25) is 0 Å². The van der Waals surface area contributed by atoms with Crippen molar-refractivity contribution in [1.82, 2.24) is 0 Å². The van der Waals surface area contributed by atoms with Crippen molar-refractivity contribution in [3.63, 3.8) is 0 Å². The van der Waals surface area contributed by atoms with Gasteiger partial charge in [-0.05, 0) is 30.7 Å². The van der Waals surface area contributed by atoms with Crippen molar-refractivity contribution in [3.8, 4) is 0 Å². The molecule has 2 aromatic carbocycles. The summed E-state index contributed by atoms with van der Waals surface area (Å²) in [4.78, 5) is 0.129. The molecule has 0 aromatic heterocycles. The molecule has 0 aliphatic rings. The number of sulfonamides is 1. The fraction of sp³-hybridized carbons (Fsp3) is 0.0714. The van der Waals surface area contributed by atoms with Crippen LogP contribution in [0.25, 0.3) is 0 Å². The second-order valence-corrected chi connectivity index (χ2v) is 6.43. The van der Waals surface area contributed by atoms with Crippen LogP contribution in [0.4, 0.5) is 5.69 Å². The van der Waals surface area contributed by atoms with Crippen molar-refractivity contribution < 1.29 is 8.42 Å². The molecular formula is C14H14N2O2S2. The molecule has 0 heterocycles. The average Bonchev–Trinajstić information content (AvgIpc) is 2.38. The van der Waals surface area contributed by atoms with Gasteiger partial charge in [0, 0.05) is 11.3 Å². The Labute approximate surface area is 123 Å². The number of benzene rings is 2. The summed E-state index contributed by atoms with van der Waals surface area (Å²) in [6.07, 6.45) is 0. The summed E-state index contributed by atoms with van der Waals surface area (Å²) >= 11 is 4.89. The fourth-order valence-corrected chi connectivity index (χ4v) is 3.34. The first-order valence-corrected chi connectivity index (χ1v) is 7.77. The minimum absolute atomic E-state index is 0.0511. The molecule has 3 N–H and O–H groups in total. The number of hydrogen-bond donors (Lipinski definition) is 2. The van der Waals surface area contributed by atoms with E-state index in [9.17, 15) is 8.42 Å². The molecule has 0 bridgehead atoms. The van der Waals surface area contributed by atoms with Gasteiger partial charge >= 0.3 is 0 Å². The molecule has 0 atom stereocenters.